The highest BCUT2D eigenvalue weighted by molar-refractivity contribution is 5.35. The molecular weight excluding hydrogens is 248 g/mol. The maximum Gasteiger partial charge on any atom is 0.117 e. The molecule has 1 aromatic carbocycles. The van der Waals surface area contributed by atoms with E-state index in [9.17, 15) is 0 Å². The number of hydrogen-bond donors (Lipinski definition) is 1. The lowest BCUT2D eigenvalue weighted by Crippen LogP contribution is -2.30. The molecule has 20 heavy (non-hydrogen) atoms. The van der Waals surface area contributed by atoms with Crippen LogP contribution in [-0.4, -0.2) is 18.5 Å². The summed E-state index contributed by atoms with van der Waals surface area (Å²) < 4.78 is 5.44. The average Bonchev–Trinajstić information content (AvgIpc) is 3.19. The highest BCUT2D eigenvalue weighted by atomic mass is 16.3. The predicted molar refractivity (Wildman–Crippen MR) is 80.4 cm³/mol. The molecule has 1 aliphatic rings. The molecule has 0 radical (unpaired) electrons. The molecule has 1 unspecified atom stereocenters. The Kier molecular flexibility index (Phi) is 3.90. The zero-order valence-corrected chi connectivity index (χ0v) is 12.0. The number of rotatable bonds is 6. The molecule has 0 spiro atoms. The number of nitrogens with two attached hydrogens (primary N) is 1. The molecule has 1 atom stereocenters. The van der Waals surface area contributed by atoms with E-state index in [1.807, 2.05) is 12.1 Å². The third kappa shape index (κ3) is 2.79. The Morgan fingerprint density at radius 3 is 2.70 bits per heavy atom. The van der Waals surface area contributed by atoms with Crippen molar-refractivity contribution in [1.82, 2.24) is 4.90 Å². The van der Waals surface area contributed by atoms with Crippen LogP contribution in [0.25, 0.3) is 0 Å². The van der Waals surface area contributed by atoms with E-state index in [1.54, 1.807) is 6.26 Å². The maximum atomic E-state index is 6.05. The van der Waals surface area contributed by atoms with Gasteiger partial charge in [0.2, 0.25) is 0 Å². The van der Waals surface area contributed by atoms with Gasteiger partial charge in [-0.1, -0.05) is 24.3 Å². The summed E-state index contributed by atoms with van der Waals surface area (Å²) in [5.74, 6) is 1.73. The van der Waals surface area contributed by atoms with Crippen molar-refractivity contribution >= 4 is 0 Å². The van der Waals surface area contributed by atoms with Crippen LogP contribution in [0.15, 0.2) is 47.1 Å². The molecule has 1 saturated carbocycles. The third-order valence-corrected chi connectivity index (χ3v) is 4.11. The van der Waals surface area contributed by atoms with Crippen LogP contribution in [0.2, 0.25) is 0 Å². The summed E-state index contributed by atoms with van der Waals surface area (Å²) >= 11 is 0. The molecular formula is C17H22N2O. The number of likely N-dealkylation sites (N-methyl/N-ethyl adjacent to an activating group) is 1. The Labute approximate surface area is 120 Å². The minimum atomic E-state index is 0.247. The first kappa shape index (κ1) is 13.4. The molecule has 2 aromatic rings. The Balaban J connectivity index is 1.82. The fourth-order valence-corrected chi connectivity index (χ4v) is 2.88. The van der Waals surface area contributed by atoms with E-state index < -0.39 is 0 Å². The van der Waals surface area contributed by atoms with Gasteiger partial charge >= 0.3 is 0 Å². The van der Waals surface area contributed by atoms with Crippen LogP contribution in [0.4, 0.5) is 0 Å². The average molecular weight is 270 g/mol. The van der Waals surface area contributed by atoms with Crippen LogP contribution in [0.1, 0.15) is 41.7 Å². The first-order chi connectivity index (χ1) is 9.79. The molecule has 3 heteroatoms. The SMILES string of the molecule is CN(Cc1ccco1)C(CN)c1ccccc1C1CC1. The summed E-state index contributed by atoms with van der Waals surface area (Å²) in [4.78, 5) is 2.28. The number of nitrogens with zero attached hydrogens (tertiary/aromatic N) is 1. The maximum absolute atomic E-state index is 6.05. The van der Waals surface area contributed by atoms with Crippen molar-refractivity contribution in [2.24, 2.45) is 5.73 Å². The zero-order valence-electron chi connectivity index (χ0n) is 12.0. The fourth-order valence-electron chi connectivity index (χ4n) is 2.88. The summed E-state index contributed by atoms with van der Waals surface area (Å²) in [6.45, 7) is 1.41. The molecule has 0 saturated heterocycles. The van der Waals surface area contributed by atoms with Gasteiger partial charge < -0.3 is 10.2 Å². The number of furan rings is 1. The summed E-state index contributed by atoms with van der Waals surface area (Å²) in [6.07, 6.45) is 4.35. The molecule has 0 bridgehead atoms. The van der Waals surface area contributed by atoms with E-state index >= 15 is 0 Å². The van der Waals surface area contributed by atoms with Crippen molar-refractivity contribution in [3.63, 3.8) is 0 Å². The van der Waals surface area contributed by atoms with E-state index in [0.717, 1.165) is 18.2 Å². The van der Waals surface area contributed by atoms with Crippen molar-refractivity contribution in [1.29, 1.82) is 0 Å². The predicted octanol–water partition coefficient (Wildman–Crippen LogP) is 3.29. The lowest BCUT2D eigenvalue weighted by Gasteiger charge is -2.28. The minimum Gasteiger partial charge on any atom is -0.468 e. The molecule has 2 N–H and O–H groups in total. The monoisotopic (exact) mass is 270 g/mol. The highest BCUT2D eigenvalue weighted by Crippen LogP contribution is 2.43. The van der Waals surface area contributed by atoms with Gasteiger partial charge in [-0.2, -0.15) is 0 Å². The van der Waals surface area contributed by atoms with Gasteiger partial charge in [-0.3, -0.25) is 4.90 Å². The van der Waals surface area contributed by atoms with Gasteiger partial charge in [-0.05, 0) is 49.1 Å². The summed E-state index contributed by atoms with van der Waals surface area (Å²) in [5.41, 5.74) is 8.91. The fraction of sp³-hybridized carbons (Fsp3) is 0.412. The lowest BCUT2D eigenvalue weighted by molar-refractivity contribution is 0.222. The molecule has 1 heterocycles. The Morgan fingerprint density at radius 2 is 2.05 bits per heavy atom. The van der Waals surface area contributed by atoms with E-state index in [2.05, 4.69) is 36.2 Å². The first-order valence-electron chi connectivity index (χ1n) is 7.31. The normalized spacial score (nSPS) is 16.6. The van der Waals surface area contributed by atoms with Crippen LogP contribution in [0, 0.1) is 0 Å². The topological polar surface area (TPSA) is 42.4 Å². The molecule has 1 fully saturated rings. The second kappa shape index (κ2) is 5.81. The second-order valence-electron chi connectivity index (χ2n) is 5.65. The molecule has 3 nitrogen and oxygen atoms in total. The zero-order chi connectivity index (χ0) is 13.9. The van der Waals surface area contributed by atoms with Crippen LogP contribution >= 0.6 is 0 Å². The minimum absolute atomic E-state index is 0.247. The molecule has 3 rings (SSSR count). The molecule has 0 amide bonds. The Bertz CT molecular complexity index is 546. The van der Waals surface area contributed by atoms with Gasteiger partial charge in [-0.15, -0.1) is 0 Å². The first-order valence-corrected chi connectivity index (χ1v) is 7.31. The van der Waals surface area contributed by atoms with Crippen LogP contribution in [0.5, 0.6) is 0 Å². The van der Waals surface area contributed by atoms with Gasteiger partial charge in [0.25, 0.3) is 0 Å². The van der Waals surface area contributed by atoms with Gasteiger partial charge in [0.1, 0.15) is 5.76 Å². The van der Waals surface area contributed by atoms with Crippen LogP contribution in [0.3, 0.4) is 0 Å². The third-order valence-electron chi connectivity index (χ3n) is 4.11. The van der Waals surface area contributed by atoms with E-state index in [-0.39, 0.29) is 6.04 Å². The molecule has 0 aliphatic heterocycles. The number of hydrogen-bond acceptors (Lipinski definition) is 3. The largest absolute Gasteiger partial charge is 0.468 e. The van der Waals surface area contributed by atoms with Crippen molar-refractivity contribution in [2.45, 2.75) is 31.3 Å². The highest BCUT2D eigenvalue weighted by Gasteiger charge is 2.29. The van der Waals surface area contributed by atoms with Gasteiger partial charge in [0.15, 0.2) is 0 Å². The summed E-state index contributed by atoms with van der Waals surface area (Å²) in [5, 5.41) is 0. The van der Waals surface area contributed by atoms with Gasteiger partial charge in [0, 0.05) is 12.6 Å². The van der Waals surface area contributed by atoms with E-state index in [4.69, 9.17) is 10.2 Å². The quantitative estimate of drug-likeness (QED) is 0.876. The molecule has 1 aliphatic carbocycles. The van der Waals surface area contributed by atoms with Crippen LogP contribution < -0.4 is 5.73 Å². The van der Waals surface area contributed by atoms with Crippen LogP contribution in [-0.2, 0) is 6.54 Å². The number of benzene rings is 1. The van der Waals surface area contributed by atoms with Crippen molar-refractivity contribution < 1.29 is 4.42 Å². The molecule has 1 aromatic heterocycles. The van der Waals surface area contributed by atoms with E-state index in [0.29, 0.717) is 6.54 Å². The second-order valence-corrected chi connectivity index (χ2v) is 5.65. The summed E-state index contributed by atoms with van der Waals surface area (Å²) in [6, 6.07) is 12.9. The Hall–Kier alpha value is -1.58. The van der Waals surface area contributed by atoms with Crippen molar-refractivity contribution in [3.8, 4) is 0 Å². The van der Waals surface area contributed by atoms with Crippen molar-refractivity contribution in [2.75, 3.05) is 13.6 Å². The summed E-state index contributed by atoms with van der Waals surface area (Å²) in [7, 11) is 2.11. The Morgan fingerprint density at radius 1 is 1.25 bits per heavy atom. The smallest absolute Gasteiger partial charge is 0.117 e. The van der Waals surface area contributed by atoms with E-state index in [1.165, 1.54) is 24.0 Å². The lowest BCUT2D eigenvalue weighted by atomic mass is 9.96. The molecule has 106 valence electrons. The van der Waals surface area contributed by atoms with Gasteiger partial charge in [-0.25, -0.2) is 0 Å². The van der Waals surface area contributed by atoms with Crippen molar-refractivity contribution in [3.05, 3.63) is 59.5 Å². The van der Waals surface area contributed by atoms with Gasteiger partial charge in [0.05, 0.1) is 12.8 Å². The standard InChI is InChI=1S/C17H22N2O/c1-19(12-14-5-4-10-20-14)17(11-18)16-7-3-2-6-15(16)13-8-9-13/h2-7,10,13,17H,8-9,11-12,18H2,1H3.